The molecule has 0 N–H and O–H groups in total. The molecule has 110 valence electrons. The van der Waals surface area contributed by atoms with Gasteiger partial charge in [0.2, 0.25) is 0 Å². The molecule has 1 aromatic carbocycles. The van der Waals surface area contributed by atoms with Crippen LogP contribution in [0.25, 0.3) is 0 Å². The van der Waals surface area contributed by atoms with E-state index in [1.807, 2.05) is 17.5 Å². The highest BCUT2D eigenvalue weighted by Gasteiger charge is 2.36. The molecule has 0 saturated carbocycles. The van der Waals surface area contributed by atoms with Crippen molar-refractivity contribution in [2.75, 3.05) is 13.2 Å². The van der Waals surface area contributed by atoms with Crippen LogP contribution >= 0.6 is 31.0 Å². The maximum absolute atomic E-state index is 12.7. The van der Waals surface area contributed by atoms with Gasteiger partial charge in [-0.05, 0) is 49.7 Å². The normalized spacial score (nSPS) is 12.9. The van der Waals surface area contributed by atoms with Gasteiger partial charge >= 0.3 is 7.60 Å². The van der Waals surface area contributed by atoms with E-state index in [0.29, 0.717) is 11.4 Å². The Morgan fingerprint density at radius 2 is 1.85 bits per heavy atom. The van der Waals surface area contributed by atoms with E-state index in [1.165, 1.54) is 0 Å². The second-order valence-electron chi connectivity index (χ2n) is 3.87. The highest BCUT2D eigenvalue weighted by Crippen LogP contribution is 2.57. The highest BCUT2D eigenvalue weighted by atomic mass is 35.5. The van der Waals surface area contributed by atoms with Crippen LogP contribution in [0.4, 0.5) is 0 Å². The second-order valence-corrected chi connectivity index (χ2v) is 7.86. The number of nitrogens with zero attached hydrogens (tertiary/aromatic N) is 1. The molecule has 0 radical (unpaired) electrons. The first kappa shape index (κ1) is 17.6. The number of thioether (sulfide) groups is 1. The van der Waals surface area contributed by atoms with Crippen molar-refractivity contribution < 1.29 is 13.6 Å². The molecular formula is C13H17ClNO3PS. The van der Waals surface area contributed by atoms with Crippen LogP contribution in [0, 0.1) is 10.7 Å². The van der Waals surface area contributed by atoms with E-state index in [0.717, 1.165) is 17.3 Å². The third kappa shape index (κ3) is 5.12. The minimum absolute atomic E-state index is 0.278. The van der Waals surface area contributed by atoms with Crippen LogP contribution in [0.2, 0.25) is 5.02 Å². The van der Waals surface area contributed by atoms with Gasteiger partial charge in [-0.1, -0.05) is 23.7 Å². The molecular weight excluding hydrogens is 317 g/mol. The van der Waals surface area contributed by atoms with E-state index >= 15 is 0 Å². The third-order valence-corrected chi connectivity index (χ3v) is 6.49. The molecule has 1 aromatic rings. The zero-order valence-corrected chi connectivity index (χ0v) is 13.9. The van der Waals surface area contributed by atoms with Gasteiger partial charge in [-0.3, -0.25) is 4.57 Å². The number of benzene rings is 1. The molecule has 0 aliphatic rings. The maximum atomic E-state index is 12.7. The molecule has 0 aromatic heterocycles. The van der Waals surface area contributed by atoms with Gasteiger partial charge in [-0.15, -0.1) is 0 Å². The molecule has 0 heterocycles. The molecule has 1 atom stereocenters. The molecule has 0 fully saturated rings. The lowest BCUT2D eigenvalue weighted by Gasteiger charge is -2.23. The topological polar surface area (TPSA) is 59.3 Å². The fraction of sp³-hybridized carbons (Fsp3) is 0.462. The summed E-state index contributed by atoms with van der Waals surface area (Å²) in [7, 11) is -3.32. The fourth-order valence-corrected chi connectivity index (χ4v) is 4.77. The average Bonchev–Trinajstić information content (AvgIpc) is 2.41. The predicted molar refractivity (Wildman–Crippen MR) is 83.0 cm³/mol. The standard InChI is InChI=1S/C13H17ClNO3PS/c1-3-17-19(16,18-4-2)13(20-10-15)9-11-5-7-12(14)8-6-11/h5-8,13H,3-4,9H2,1-2H3. The van der Waals surface area contributed by atoms with E-state index in [-0.39, 0.29) is 13.2 Å². The Morgan fingerprint density at radius 3 is 2.30 bits per heavy atom. The van der Waals surface area contributed by atoms with Crippen molar-refractivity contribution in [3.63, 3.8) is 0 Å². The van der Waals surface area contributed by atoms with E-state index < -0.39 is 12.6 Å². The maximum Gasteiger partial charge on any atom is 0.344 e. The molecule has 1 rings (SSSR count). The summed E-state index contributed by atoms with van der Waals surface area (Å²) in [5.74, 6) is 0. The minimum Gasteiger partial charge on any atom is -0.308 e. The van der Waals surface area contributed by atoms with Crippen molar-refractivity contribution in [1.29, 1.82) is 5.26 Å². The van der Waals surface area contributed by atoms with Gasteiger partial charge in [0.05, 0.1) is 13.2 Å². The third-order valence-electron chi connectivity index (χ3n) is 2.48. The quantitative estimate of drug-likeness (QED) is 0.510. The monoisotopic (exact) mass is 333 g/mol. The van der Waals surface area contributed by atoms with E-state index in [1.54, 1.807) is 26.0 Å². The van der Waals surface area contributed by atoms with E-state index in [2.05, 4.69) is 0 Å². The summed E-state index contributed by atoms with van der Waals surface area (Å²) in [6.45, 7) is 4.06. The summed E-state index contributed by atoms with van der Waals surface area (Å²) in [4.78, 5) is -0.548. The molecule has 0 saturated heterocycles. The van der Waals surface area contributed by atoms with E-state index in [4.69, 9.17) is 25.9 Å². The van der Waals surface area contributed by atoms with Crippen LogP contribution in [0.3, 0.4) is 0 Å². The van der Waals surface area contributed by atoms with Crippen LogP contribution in [0.5, 0.6) is 0 Å². The Morgan fingerprint density at radius 1 is 1.30 bits per heavy atom. The van der Waals surface area contributed by atoms with Gasteiger partial charge < -0.3 is 9.05 Å². The SMILES string of the molecule is CCOP(=O)(OCC)C(Cc1ccc(Cl)cc1)SC#N. The van der Waals surface area contributed by atoms with Gasteiger partial charge in [0, 0.05) is 5.02 Å². The lowest BCUT2D eigenvalue weighted by molar-refractivity contribution is 0.218. The number of hydrogen-bond donors (Lipinski definition) is 0. The van der Waals surface area contributed by atoms with Crippen molar-refractivity contribution >= 4 is 31.0 Å². The van der Waals surface area contributed by atoms with Gasteiger partial charge in [0.1, 0.15) is 10.4 Å². The van der Waals surface area contributed by atoms with E-state index in [9.17, 15) is 4.57 Å². The smallest absolute Gasteiger partial charge is 0.308 e. The molecule has 0 aliphatic heterocycles. The minimum atomic E-state index is -3.32. The van der Waals surface area contributed by atoms with Gasteiger partial charge in [0.15, 0.2) is 0 Å². The summed E-state index contributed by atoms with van der Waals surface area (Å²) in [6.07, 6.45) is 0.423. The molecule has 20 heavy (non-hydrogen) atoms. The molecule has 7 heteroatoms. The number of rotatable bonds is 8. The second kappa shape index (κ2) is 8.71. The van der Waals surface area contributed by atoms with Crippen LogP contribution in [-0.4, -0.2) is 18.2 Å². The average molecular weight is 334 g/mol. The first-order chi connectivity index (χ1) is 9.55. The van der Waals surface area contributed by atoms with Crippen molar-refractivity contribution in [3.05, 3.63) is 34.9 Å². The Balaban J connectivity index is 2.94. The zero-order valence-electron chi connectivity index (χ0n) is 11.4. The molecule has 0 aliphatic carbocycles. The van der Waals surface area contributed by atoms with Crippen molar-refractivity contribution in [3.8, 4) is 5.40 Å². The van der Waals surface area contributed by atoms with Crippen LogP contribution in [0.15, 0.2) is 24.3 Å². The Labute approximate surface area is 128 Å². The van der Waals surface area contributed by atoms with Gasteiger partial charge in [-0.2, -0.15) is 5.26 Å². The molecule has 0 spiro atoms. The summed E-state index contributed by atoms with van der Waals surface area (Å²) in [5.41, 5.74) is 0.932. The van der Waals surface area contributed by atoms with Crippen molar-refractivity contribution in [1.82, 2.24) is 0 Å². The number of hydrogen-bond acceptors (Lipinski definition) is 5. The highest BCUT2D eigenvalue weighted by molar-refractivity contribution is 8.09. The number of nitriles is 1. The fourth-order valence-electron chi connectivity index (χ4n) is 1.66. The van der Waals surface area contributed by atoms with Crippen molar-refractivity contribution in [2.24, 2.45) is 0 Å². The first-order valence-electron chi connectivity index (χ1n) is 6.23. The number of thiocyanates is 1. The Bertz CT molecular complexity index is 493. The largest absolute Gasteiger partial charge is 0.344 e. The van der Waals surface area contributed by atoms with Crippen molar-refractivity contribution in [2.45, 2.75) is 25.3 Å². The van der Waals surface area contributed by atoms with Crippen LogP contribution in [0.1, 0.15) is 19.4 Å². The van der Waals surface area contributed by atoms with Crippen LogP contribution in [-0.2, 0) is 20.0 Å². The Hall–Kier alpha value is -0.500. The number of halogens is 1. The lowest BCUT2D eigenvalue weighted by atomic mass is 10.2. The molecule has 1 unspecified atom stereocenters. The lowest BCUT2D eigenvalue weighted by Crippen LogP contribution is -2.12. The Kier molecular flexibility index (Phi) is 7.65. The van der Waals surface area contributed by atoms with Gasteiger partial charge in [-0.25, -0.2) is 0 Å². The van der Waals surface area contributed by atoms with Crippen LogP contribution < -0.4 is 0 Å². The zero-order chi connectivity index (χ0) is 15.0. The van der Waals surface area contributed by atoms with Gasteiger partial charge in [0.25, 0.3) is 0 Å². The summed E-state index contributed by atoms with van der Waals surface area (Å²) in [5, 5.41) is 11.5. The molecule has 0 amide bonds. The molecule has 0 bridgehead atoms. The summed E-state index contributed by atoms with van der Waals surface area (Å²) >= 11 is 6.76. The summed E-state index contributed by atoms with van der Waals surface area (Å²) < 4.78 is 23.4. The molecule has 4 nitrogen and oxygen atoms in total. The summed E-state index contributed by atoms with van der Waals surface area (Å²) in [6, 6.07) is 7.21. The predicted octanol–water partition coefficient (Wildman–Crippen LogP) is 4.69. The first-order valence-corrected chi connectivity index (χ1v) is 9.10.